The highest BCUT2D eigenvalue weighted by atomic mass is 32.2. The van der Waals surface area contributed by atoms with Gasteiger partial charge in [0.05, 0.1) is 0 Å². The lowest BCUT2D eigenvalue weighted by Gasteiger charge is -2.16. The third kappa shape index (κ3) is 6.27. The van der Waals surface area contributed by atoms with Crippen LogP contribution < -0.4 is 10.6 Å². The molecule has 4 aromatic rings. The van der Waals surface area contributed by atoms with Gasteiger partial charge in [-0.3, -0.25) is 9.59 Å². The molecule has 0 unspecified atom stereocenters. The van der Waals surface area contributed by atoms with Crippen LogP contribution in [0.1, 0.15) is 33.7 Å². The number of aromatic nitrogens is 2. The molecule has 1 amide bonds. The van der Waals surface area contributed by atoms with E-state index >= 15 is 0 Å². The molecule has 4 rings (SSSR count). The molecule has 8 heteroatoms. The van der Waals surface area contributed by atoms with E-state index in [1.807, 2.05) is 60.7 Å². The lowest BCUT2D eigenvalue weighted by molar-refractivity contribution is -0.115. The lowest BCUT2D eigenvalue weighted by Crippen LogP contribution is -2.19. The van der Waals surface area contributed by atoms with Crippen LogP contribution in [0.15, 0.2) is 89.3 Å². The molecular formula is C25H22N4O2S2. The monoisotopic (exact) mass is 474 g/mol. The van der Waals surface area contributed by atoms with E-state index in [9.17, 15) is 9.59 Å². The summed E-state index contributed by atoms with van der Waals surface area (Å²) in [6, 6.07) is 26.5. The second-order valence-electron chi connectivity index (χ2n) is 7.25. The first kappa shape index (κ1) is 22.7. The minimum atomic E-state index is -0.526. The van der Waals surface area contributed by atoms with Gasteiger partial charge < -0.3 is 10.6 Å². The Hall–Kier alpha value is -3.49. The van der Waals surface area contributed by atoms with Crippen molar-refractivity contribution in [3.05, 3.63) is 102 Å². The number of carbonyl (C=O) groups is 2. The summed E-state index contributed by atoms with van der Waals surface area (Å²) in [6.45, 7) is 2.15. The summed E-state index contributed by atoms with van der Waals surface area (Å²) in [4.78, 5) is 24.9. The van der Waals surface area contributed by atoms with Crippen LogP contribution in [-0.4, -0.2) is 21.9 Å². The molecule has 0 spiro atoms. The van der Waals surface area contributed by atoms with Gasteiger partial charge in [-0.2, -0.15) is 0 Å². The number of benzene rings is 3. The van der Waals surface area contributed by atoms with E-state index in [0.29, 0.717) is 27.3 Å². The van der Waals surface area contributed by atoms with Gasteiger partial charge in [0.25, 0.3) is 0 Å². The zero-order chi connectivity index (χ0) is 23.0. The van der Waals surface area contributed by atoms with E-state index in [1.165, 1.54) is 30.0 Å². The van der Waals surface area contributed by atoms with E-state index < -0.39 is 5.25 Å². The fourth-order valence-corrected chi connectivity index (χ4v) is 5.07. The van der Waals surface area contributed by atoms with E-state index in [2.05, 4.69) is 20.8 Å². The van der Waals surface area contributed by atoms with Crippen molar-refractivity contribution in [2.75, 3.05) is 10.6 Å². The van der Waals surface area contributed by atoms with Crippen molar-refractivity contribution >= 4 is 45.6 Å². The first-order valence-electron chi connectivity index (χ1n) is 10.3. The fourth-order valence-electron chi connectivity index (χ4n) is 3.13. The lowest BCUT2D eigenvalue weighted by atomic mass is 10.1. The highest BCUT2D eigenvalue weighted by Crippen LogP contribution is 2.38. The van der Waals surface area contributed by atoms with Crippen molar-refractivity contribution in [1.82, 2.24) is 10.2 Å². The number of anilines is 2. The molecule has 6 nitrogen and oxygen atoms in total. The molecule has 3 aromatic carbocycles. The molecule has 1 aromatic heterocycles. The Bertz CT molecular complexity index is 1230. The Morgan fingerprint density at radius 2 is 1.67 bits per heavy atom. The second kappa shape index (κ2) is 10.9. The number of Topliss-reactive ketones (excluding diaryl/α,β-unsaturated/α-hetero) is 1. The van der Waals surface area contributed by atoms with Gasteiger partial charge in [-0.05, 0) is 30.2 Å². The predicted molar refractivity (Wildman–Crippen MR) is 134 cm³/mol. The van der Waals surface area contributed by atoms with Gasteiger partial charge in [-0.15, -0.1) is 10.2 Å². The third-order valence-electron chi connectivity index (χ3n) is 4.79. The maximum atomic E-state index is 13.2. The zero-order valence-electron chi connectivity index (χ0n) is 17.9. The zero-order valence-corrected chi connectivity index (χ0v) is 19.5. The number of hydrogen-bond donors (Lipinski definition) is 2. The standard InChI is InChI=1S/C25H22N4O2S2/c1-17(30)20-13-8-14-21(15-20)27-23(31)22(19-11-6-3-7-12-19)32-25-29-28-24(33-25)26-16-18-9-4-2-5-10-18/h2-15,22H,16H2,1H3,(H,26,28)(H,27,31)/t22-/m0/s1. The van der Waals surface area contributed by atoms with Crippen LogP contribution >= 0.6 is 23.1 Å². The van der Waals surface area contributed by atoms with Gasteiger partial charge >= 0.3 is 0 Å². The Kier molecular flexibility index (Phi) is 7.49. The van der Waals surface area contributed by atoms with Gasteiger partial charge in [0, 0.05) is 17.8 Å². The SMILES string of the molecule is CC(=O)c1cccc(NC(=O)[C@@H](Sc2nnc(NCc3ccccc3)s2)c2ccccc2)c1. The Morgan fingerprint density at radius 1 is 0.939 bits per heavy atom. The first-order chi connectivity index (χ1) is 16.1. The highest BCUT2D eigenvalue weighted by molar-refractivity contribution is 8.02. The van der Waals surface area contributed by atoms with Crippen molar-refractivity contribution in [1.29, 1.82) is 0 Å². The molecule has 0 aliphatic carbocycles. The normalized spacial score (nSPS) is 11.5. The predicted octanol–water partition coefficient (Wildman–Crippen LogP) is 5.82. The van der Waals surface area contributed by atoms with E-state index in [4.69, 9.17) is 0 Å². The molecule has 1 heterocycles. The summed E-state index contributed by atoms with van der Waals surface area (Å²) >= 11 is 2.76. The molecule has 166 valence electrons. The molecule has 1 atom stereocenters. The van der Waals surface area contributed by atoms with Gasteiger partial charge in [-0.25, -0.2) is 0 Å². The first-order valence-corrected chi connectivity index (χ1v) is 12.0. The molecule has 2 N–H and O–H groups in total. The van der Waals surface area contributed by atoms with Gasteiger partial charge in [-0.1, -0.05) is 95.9 Å². The highest BCUT2D eigenvalue weighted by Gasteiger charge is 2.24. The summed E-state index contributed by atoms with van der Waals surface area (Å²) in [5.74, 6) is -0.245. The number of carbonyl (C=O) groups excluding carboxylic acids is 2. The van der Waals surface area contributed by atoms with Crippen LogP contribution in [0.25, 0.3) is 0 Å². The van der Waals surface area contributed by atoms with Crippen molar-refractivity contribution in [2.24, 2.45) is 0 Å². The molecule has 0 bridgehead atoms. The van der Waals surface area contributed by atoms with E-state index in [-0.39, 0.29) is 11.7 Å². The van der Waals surface area contributed by atoms with Crippen molar-refractivity contribution in [2.45, 2.75) is 23.1 Å². The number of amides is 1. The number of thioether (sulfide) groups is 1. The molecule has 0 aliphatic rings. The molecule has 0 saturated carbocycles. The number of ketones is 1. The summed E-state index contributed by atoms with van der Waals surface area (Å²) in [5.41, 5.74) is 3.14. The van der Waals surface area contributed by atoms with Gasteiger partial charge in [0.15, 0.2) is 10.1 Å². The molecular weight excluding hydrogens is 452 g/mol. The molecule has 0 radical (unpaired) electrons. The number of rotatable bonds is 9. The summed E-state index contributed by atoms with van der Waals surface area (Å²) in [7, 11) is 0. The molecule has 33 heavy (non-hydrogen) atoms. The van der Waals surface area contributed by atoms with Crippen molar-refractivity contribution in [3.8, 4) is 0 Å². The van der Waals surface area contributed by atoms with Crippen LogP contribution in [0.2, 0.25) is 0 Å². The van der Waals surface area contributed by atoms with Crippen LogP contribution in [0.3, 0.4) is 0 Å². The van der Waals surface area contributed by atoms with E-state index in [0.717, 1.165) is 11.1 Å². The van der Waals surface area contributed by atoms with Crippen LogP contribution in [-0.2, 0) is 11.3 Å². The molecule has 0 saturated heterocycles. The average Bonchev–Trinajstić information content (AvgIpc) is 3.30. The maximum Gasteiger partial charge on any atom is 0.242 e. The Labute approximate surface area is 200 Å². The van der Waals surface area contributed by atoms with Crippen molar-refractivity contribution in [3.63, 3.8) is 0 Å². The number of nitrogens with zero attached hydrogens (tertiary/aromatic N) is 2. The number of hydrogen-bond acceptors (Lipinski definition) is 7. The van der Waals surface area contributed by atoms with Crippen molar-refractivity contribution < 1.29 is 9.59 Å². The molecule has 0 aliphatic heterocycles. The molecule has 0 fully saturated rings. The average molecular weight is 475 g/mol. The topological polar surface area (TPSA) is 84.0 Å². The Balaban J connectivity index is 1.49. The maximum absolute atomic E-state index is 13.2. The van der Waals surface area contributed by atoms with Crippen LogP contribution in [0.5, 0.6) is 0 Å². The van der Waals surface area contributed by atoms with E-state index in [1.54, 1.807) is 24.3 Å². The number of nitrogens with one attached hydrogen (secondary N) is 2. The quantitative estimate of drug-likeness (QED) is 0.235. The fraction of sp³-hybridized carbons (Fsp3) is 0.120. The third-order valence-corrected chi connectivity index (χ3v) is 7.01. The minimum absolute atomic E-state index is 0.0514. The van der Waals surface area contributed by atoms with Crippen LogP contribution in [0, 0.1) is 0 Å². The Morgan fingerprint density at radius 3 is 2.39 bits per heavy atom. The summed E-state index contributed by atoms with van der Waals surface area (Å²) in [5, 5.41) is 14.9. The van der Waals surface area contributed by atoms with Gasteiger partial charge in [0.2, 0.25) is 11.0 Å². The largest absolute Gasteiger partial charge is 0.356 e. The summed E-state index contributed by atoms with van der Waals surface area (Å²) in [6.07, 6.45) is 0. The smallest absolute Gasteiger partial charge is 0.242 e. The van der Waals surface area contributed by atoms with Crippen LogP contribution in [0.4, 0.5) is 10.8 Å². The summed E-state index contributed by atoms with van der Waals surface area (Å²) < 4.78 is 0.687. The second-order valence-corrected chi connectivity index (χ2v) is 9.58. The minimum Gasteiger partial charge on any atom is -0.356 e. The van der Waals surface area contributed by atoms with Gasteiger partial charge in [0.1, 0.15) is 5.25 Å².